The molecular formula is C19H19NO6S. The molecule has 0 saturated carbocycles. The Kier molecular flexibility index (Phi) is 7.25. The largest absolute Gasteiger partial charge is 0.496 e. The molecule has 0 bridgehead atoms. The molecule has 0 spiro atoms. The zero-order valence-electron chi connectivity index (χ0n) is 15.1. The SMILES string of the molecule is COC(=O)c1ccc(NC(=O)COC(=O)c2ccc(SC)cc2OC)cc1. The van der Waals surface area contributed by atoms with Crippen LogP contribution in [0.2, 0.25) is 0 Å². The van der Waals surface area contributed by atoms with Crippen molar-refractivity contribution < 1.29 is 28.6 Å². The lowest BCUT2D eigenvalue weighted by atomic mass is 10.2. The molecule has 0 fully saturated rings. The smallest absolute Gasteiger partial charge is 0.342 e. The summed E-state index contributed by atoms with van der Waals surface area (Å²) < 4.78 is 14.8. The second-order valence-electron chi connectivity index (χ2n) is 5.26. The number of carbonyl (C=O) groups is 3. The van der Waals surface area contributed by atoms with Crippen molar-refractivity contribution in [1.29, 1.82) is 0 Å². The lowest BCUT2D eigenvalue weighted by molar-refractivity contribution is -0.119. The first kappa shape index (κ1) is 20.3. The molecule has 0 aromatic heterocycles. The van der Waals surface area contributed by atoms with E-state index in [-0.39, 0.29) is 5.56 Å². The number of thioether (sulfide) groups is 1. The Bertz CT molecular complexity index is 835. The lowest BCUT2D eigenvalue weighted by Crippen LogP contribution is -2.21. The summed E-state index contributed by atoms with van der Waals surface area (Å²) in [6, 6.07) is 11.2. The standard InChI is InChI=1S/C19H19NO6S/c1-24-16-10-14(27-3)8-9-15(16)19(23)26-11-17(21)20-13-6-4-12(5-7-13)18(22)25-2/h4-10H,11H2,1-3H3,(H,20,21). The van der Waals surface area contributed by atoms with Crippen LogP contribution in [0, 0.1) is 0 Å². The Hall–Kier alpha value is -3.00. The molecule has 0 saturated heterocycles. The number of methoxy groups -OCH3 is 2. The molecule has 2 aromatic carbocycles. The van der Waals surface area contributed by atoms with Crippen LogP contribution in [0.1, 0.15) is 20.7 Å². The van der Waals surface area contributed by atoms with Gasteiger partial charge in [0.2, 0.25) is 0 Å². The van der Waals surface area contributed by atoms with Crippen LogP contribution in [-0.2, 0) is 14.3 Å². The summed E-state index contributed by atoms with van der Waals surface area (Å²) in [4.78, 5) is 36.5. The minimum absolute atomic E-state index is 0.241. The van der Waals surface area contributed by atoms with Crippen LogP contribution in [-0.4, -0.2) is 44.9 Å². The molecule has 8 heteroatoms. The average Bonchev–Trinajstić information content (AvgIpc) is 2.71. The first-order chi connectivity index (χ1) is 13.0. The molecule has 0 heterocycles. The van der Waals surface area contributed by atoms with Gasteiger partial charge in [-0.1, -0.05) is 0 Å². The number of anilines is 1. The van der Waals surface area contributed by atoms with E-state index in [9.17, 15) is 14.4 Å². The van der Waals surface area contributed by atoms with Crippen LogP contribution in [0.15, 0.2) is 47.4 Å². The van der Waals surface area contributed by atoms with Gasteiger partial charge in [0.1, 0.15) is 11.3 Å². The molecule has 142 valence electrons. The van der Waals surface area contributed by atoms with Crippen molar-refractivity contribution in [3.8, 4) is 5.75 Å². The molecule has 7 nitrogen and oxygen atoms in total. The molecule has 2 aromatic rings. The normalized spacial score (nSPS) is 10.0. The average molecular weight is 389 g/mol. The second-order valence-corrected chi connectivity index (χ2v) is 6.14. The van der Waals surface area contributed by atoms with Gasteiger partial charge < -0.3 is 19.5 Å². The highest BCUT2D eigenvalue weighted by molar-refractivity contribution is 7.98. The summed E-state index contributed by atoms with van der Waals surface area (Å²) in [5.74, 6) is -1.25. The lowest BCUT2D eigenvalue weighted by Gasteiger charge is -2.10. The van der Waals surface area contributed by atoms with E-state index in [1.807, 2.05) is 6.26 Å². The van der Waals surface area contributed by atoms with E-state index in [4.69, 9.17) is 9.47 Å². The third-order valence-corrected chi connectivity index (χ3v) is 4.28. The highest BCUT2D eigenvalue weighted by Crippen LogP contribution is 2.25. The number of carbonyl (C=O) groups excluding carboxylic acids is 3. The van der Waals surface area contributed by atoms with Gasteiger partial charge in [0.15, 0.2) is 6.61 Å². The molecule has 0 radical (unpaired) electrons. The topological polar surface area (TPSA) is 90.9 Å². The van der Waals surface area contributed by atoms with Crippen molar-refractivity contribution in [3.05, 3.63) is 53.6 Å². The van der Waals surface area contributed by atoms with Crippen LogP contribution in [0.4, 0.5) is 5.69 Å². The molecule has 0 aliphatic rings. The predicted molar refractivity (Wildman–Crippen MR) is 101 cm³/mol. The van der Waals surface area contributed by atoms with Gasteiger partial charge in [-0.3, -0.25) is 4.79 Å². The molecule has 27 heavy (non-hydrogen) atoms. The Morgan fingerprint density at radius 3 is 2.30 bits per heavy atom. The van der Waals surface area contributed by atoms with Gasteiger partial charge in [0.05, 0.1) is 19.8 Å². The Balaban J connectivity index is 1.93. The minimum Gasteiger partial charge on any atom is -0.496 e. The second kappa shape index (κ2) is 9.63. The van der Waals surface area contributed by atoms with Gasteiger partial charge in [0.25, 0.3) is 5.91 Å². The fourth-order valence-electron chi connectivity index (χ4n) is 2.18. The monoisotopic (exact) mass is 389 g/mol. The molecule has 2 rings (SSSR count). The fourth-order valence-corrected chi connectivity index (χ4v) is 2.61. The van der Waals surface area contributed by atoms with Crippen LogP contribution < -0.4 is 10.1 Å². The van der Waals surface area contributed by atoms with Crippen LogP contribution in [0.25, 0.3) is 0 Å². The Labute approximate surface area is 161 Å². The van der Waals surface area contributed by atoms with E-state index in [2.05, 4.69) is 10.1 Å². The summed E-state index contributed by atoms with van der Waals surface area (Å²) in [6.07, 6.45) is 1.91. The maximum atomic E-state index is 12.2. The third-order valence-electron chi connectivity index (χ3n) is 3.55. The maximum absolute atomic E-state index is 12.2. The number of esters is 2. The number of hydrogen-bond acceptors (Lipinski definition) is 7. The number of rotatable bonds is 7. The van der Waals surface area contributed by atoms with Crippen LogP contribution in [0.5, 0.6) is 5.75 Å². The van der Waals surface area contributed by atoms with Crippen molar-refractivity contribution >= 4 is 35.3 Å². The van der Waals surface area contributed by atoms with E-state index in [0.29, 0.717) is 17.0 Å². The molecule has 1 N–H and O–H groups in total. The van der Waals surface area contributed by atoms with E-state index in [1.54, 1.807) is 30.3 Å². The molecule has 1 amide bonds. The molecule has 0 aliphatic carbocycles. The Morgan fingerprint density at radius 1 is 1.00 bits per heavy atom. The van der Waals surface area contributed by atoms with Gasteiger partial charge >= 0.3 is 11.9 Å². The van der Waals surface area contributed by atoms with E-state index in [1.165, 1.54) is 38.1 Å². The van der Waals surface area contributed by atoms with E-state index >= 15 is 0 Å². The molecule has 0 atom stereocenters. The van der Waals surface area contributed by atoms with Gasteiger partial charge in [-0.2, -0.15) is 0 Å². The van der Waals surface area contributed by atoms with Crippen LogP contribution >= 0.6 is 11.8 Å². The predicted octanol–water partition coefficient (Wildman–Crippen LogP) is 3.00. The molecule has 0 aliphatic heterocycles. The van der Waals surface area contributed by atoms with Gasteiger partial charge in [-0.05, 0) is 48.7 Å². The van der Waals surface area contributed by atoms with E-state index in [0.717, 1.165) is 4.90 Å². The number of hydrogen-bond donors (Lipinski definition) is 1. The van der Waals surface area contributed by atoms with Crippen LogP contribution in [0.3, 0.4) is 0 Å². The summed E-state index contributed by atoms with van der Waals surface area (Å²) in [5.41, 5.74) is 1.07. The quantitative estimate of drug-likeness (QED) is 0.575. The zero-order valence-corrected chi connectivity index (χ0v) is 15.9. The van der Waals surface area contributed by atoms with Gasteiger partial charge in [-0.25, -0.2) is 9.59 Å². The van der Waals surface area contributed by atoms with Crippen molar-refractivity contribution in [3.63, 3.8) is 0 Å². The number of amides is 1. The van der Waals surface area contributed by atoms with Crippen molar-refractivity contribution in [2.24, 2.45) is 0 Å². The highest BCUT2D eigenvalue weighted by Gasteiger charge is 2.16. The summed E-state index contributed by atoms with van der Waals surface area (Å²) in [5, 5.41) is 2.58. The first-order valence-corrected chi connectivity index (χ1v) is 9.08. The van der Waals surface area contributed by atoms with Gasteiger partial charge in [-0.15, -0.1) is 11.8 Å². The number of ether oxygens (including phenoxy) is 3. The highest BCUT2D eigenvalue weighted by atomic mass is 32.2. The van der Waals surface area contributed by atoms with Crippen molar-refractivity contribution in [2.75, 3.05) is 32.4 Å². The van der Waals surface area contributed by atoms with Crippen molar-refractivity contribution in [2.45, 2.75) is 4.90 Å². The third kappa shape index (κ3) is 5.49. The van der Waals surface area contributed by atoms with Gasteiger partial charge in [0, 0.05) is 10.6 Å². The molecule has 0 unspecified atom stereocenters. The Morgan fingerprint density at radius 2 is 1.70 bits per heavy atom. The molecular weight excluding hydrogens is 370 g/mol. The number of nitrogens with one attached hydrogen (secondary N) is 1. The zero-order chi connectivity index (χ0) is 19.8. The summed E-state index contributed by atoms with van der Waals surface area (Å²) in [6.45, 7) is -0.453. The summed E-state index contributed by atoms with van der Waals surface area (Å²) >= 11 is 1.52. The van der Waals surface area contributed by atoms with Crippen molar-refractivity contribution in [1.82, 2.24) is 0 Å². The summed E-state index contributed by atoms with van der Waals surface area (Å²) in [7, 11) is 2.75. The maximum Gasteiger partial charge on any atom is 0.342 e. The fraction of sp³-hybridized carbons (Fsp3) is 0.211. The first-order valence-electron chi connectivity index (χ1n) is 7.86. The van der Waals surface area contributed by atoms with E-state index < -0.39 is 24.5 Å². The number of benzene rings is 2. The minimum atomic E-state index is -0.657.